The maximum Gasteiger partial charge on any atom is 0.191 e. The Labute approximate surface area is 154 Å². The zero-order valence-electron chi connectivity index (χ0n) is 15.8. The highest BCUT2D eigenvalue weighted by molar-refractivity contribution is 7.11. The Hall–Kier alpha value is -2.08. The van der Waals surface area contributed by atoms with E-state index in [2.05, 4.69) is 60.4 Å². The summed E-state index contributed by atoms with van der Waals surface area (Å²) in [4.78, 5) is 10.4. The lowest BCUT2D eigenvalue weighted by atomic mass is 10.1. The predicted octanol–water partition coefficient (Wildman–Crippen LogP) is 3.51. The maximum atomic E-state index is 5.92. The Morgan fingerprint density at radius 3 is 2.48 bits per heavy atom. The molecule has 25 heavy (non-hydrogen) atoms. The van der Waals surface area contributed by atoms with E-state index in [9.17, 15) is 0 Å². The van der Waals surface area contributed by atoms with Gasteiger partial charge in [0.1, 0.15) is 17.4 Å². The molecule has 5 nitrogen and oxygen atoms in total. The molecule has 0 amide bonds. The van der Waals surface area contributed by atoms with Crippen LogP contribution < -0.4 is 15.4 Å². The molecule has 2 N–H and O–H groups in total. The van der Waals surface area contributed by atoms with E-state index in [0.29, 0.717) is 19.7 Å². The number of aryl methyl sites for hydroxylation is 4. The van der Waals surface area contributed by atoms with Crippen molar-refractivity contribution in [2.75, 3.05) is 19.7 Å². The zero-order valence-corrected chi connectivity index (χ0v) is 16.6. The first-order valence-corrected chi connectivity index (χ1v) is 9.47. The quantitative estimate of drug-likeness (QED) is 0.451. The van der Waals surface area contributed by atoms with Crippen molar-refractivity contribution >= 4 is 17.3 Å². The van der Waals surface area contributed by atoms with Crippen LogP contribution in [0.15, 0.2) is 23.2 Å². The van der Waals surface area contributed by atoms with Crippen molar-refractivity contribution in [1.82, 2.24) is 15.6 Å². The SMILES string of the molecule is CCNC(=NCc1nc(C)c(C)s1)NCCOc1c(C)cccc1C. The second-order valence-electron chi connectivity index (χ2n) is 5.94. The van der Waals surface area contributed by atoms with Crippen molar-refractivity contribution in [2.45, 2.75) is 41.2 Å². The summed E-state index contributed by atoms with van der Waals surface area (Å²) in [6.07, 6.45) is 0. The second kappa shape index (κ2) is 9.42. The van der Waals surface area contributed by atoms with Crippen molar-refractivity contribution in [2.24, 2.45) is 4.99 Å². The summed E-state index contributed by atoms with van der Waals surface area (Å²) < 4.78 is 5.92. The molecule has 0 fully saturated rings. The van der Waals surface area contributed by atoms with Crippen molar-refractivity contribution in [1.29, 1.82) is 0 Å². The van der Waals surface area contributed by atoms with Crippen LogP contribution in [-0.2, 0) is 6.54 Å². The van der Waals surface area contributed by atoms with Crippen LogP contribution in [0.2, 0.25) is 0 Å². The number of aromatic nitrogens is 1. The molecule has 2 aromatic rings. The van der Waals surface area contributed by atoms with E-state index < -0.39 is 0 Å². The average Bonchev–Trinajstić information content (AvgIpc) is 2.89. The molecular formula is C19H28N4OS. The molecule has 0 spiro atoms. The van der Waals surface area contributed by atoms with Crippen LogP contribution >= 0.6 is 11.3 Å². The minimum atomic E-state index is 0.589. The first-order chi connectivity index (χ1) is 12.0. The fraction of sp³-hybridized carbons (Fsp3) is 0.474. The van der Waals surface area contributed by atoms with Gasteiger partial charge in [-0.3, -0.25) is 0 Å². The number of hydrogen-bond donors (Lipinski definition) is 2. The summed E-state index contributed by atoms with van der Waals surface area (Å²) in [5, 5.41) is 7.61. The average molecular weight is 361 g/mol. The lowest BCUT2D eigenvalue weighted by Crippen LogP contribution is -2.39. The molecule has 0 bridgehead atoms. The molecule has 2 rings (SSSR count). The smallest absolute Gasteiger partial charge is 0.191 e. The van der Waals surface area contributed by atoms with E-state index in [1.807, 2.05) is 13.0 Å². The number of nitrogens with zero attached hydrogens (tertiary/aromatic N) is 2. The predicted molar refractivity (Wildman–Crippen MR) is 106 cm³/mol. The monoisotopic (exact) mass is 360 g/mol. The van der Waals surface area contributed by atoms with Crippen molar-refractivity contribution in [3.63, 3.8) is 0 Å². The molecule has 1 aromatic heterocycles. The molecule has 136 valence electrons. The molecule has 1 heterocycles. The van der Waals surface area contributed by atoms with E-state index in [1.165, 1.54) is 4.88 Å². The molecule has 0 saturated heterocycles. The van der Waals surface area contributed by atoms with Crippen LogP contribution in [0.5, 0.6) is 5.75 Å². The summed E-state index contributed by atoms with van der Waals surface area (Å²) in [6, 6.07) is 6.19. The van der Waals surface area contributed by atoms with Crippen molar-refractivity contribution < 1.29 is 4.74 Å². The van der Waals surface area contributed by atoms with Gasteiger partial charge in [-0.1, -0.05) is 18.2 Å². The number of hydrogen-bond acceptors (Lipinski definition) is 4. The molecular weight excluding hydrogens is 332 g/mol. The Balaban J connectivity index is 1.85. The molecule has 0 radical (unpaired) electrons. The van der Waals surface area contributed by atoms with Crippen molar-refractivity contribution in [3.8, 4) is 5.75 Å². The normalized spacial score (nSPS) is 11.5. The molecule has 0 unspecified atom stereocenters. The fourth-order valence-corrected chi connectivity index (χ4v) is 3.30. The highest BCUT2D eigenvalue weighted by atomic mass is 32.1. The fourth-order valence-electron chi connectivity index (χ4n) is 2.44. The Morgan fingerprint density at radius 2 is 1.88 bits per heavy atom. The highest BCUT2D eigenvalue weighted by Gasteiger charge is 2.05. The van der Waals surface area contributed by atoms with E-state index in [-0.39, 0.29) is 0 Å². The summed E-state index contributed by atoms with van der Waals surface area (Å²) in [6.45, 7) is 13.0. The number of ether oxygens (including phenoxy) is 1. The highest BCUT2D eigenvalue weighted by Crippen LogP contribution is 2.21. The Kier molecular flexibility index (Phi) is 7.25. The van der Waals surface area contributed by atoms with Crippen LogP contribution in [0.3, 0.4) is 0 Å². The van der Waals surface area contributed by atoms with Crippen molar-refractivity contribution in [3.05, 3.63) is 44.9 Å². The number of para-hydroxylation sites is 1. The van der Waals surface area contributed by atoms with Gasteiger partial charge in [0, 0.05) is 11.4 Å². The number of thiazole rings is 1. The first kappa shape index (κ1) is 19.2. The minimum absolute atomic E-state index is 0.589. The van der Waals surface area contributed by atoms with E-state index in [1.54, 1.807) is 11.3 Å². The molecule has 0 aliphatic carbocycles. The lowest BCUT2D eigenvalue weighted by Gasteiger charge is -2.14. The Morgan fingerprint density at radius 1 is 1.16 bits per heavy atom. The van der Waals surface area contributed by atoms with Crippen LogP contribution in [0.25, 0.3) is 0 Å². The maximum absolute atomic E-state index is 5.92. The molecule has 6 heteroatoms. The molecule has 0 aliphatic rings. The molecule has 0 aliphatic heterocycles. The summed E-state index contributed by atoms with van der Waals surface area (Å²) in [7, 11) is 0. The van der Waals surface area contributed by atoms with Gasteiger partial charge in [0.25, 0.3) is 0 Å². The van der Waals surface area contributed by atoms with E-state index in [4.69, 9.17) is 4.74 Å². The van der Waals surface area contributed by atoms with E-state index >= 15 is 0 Å². The molecule has 1 aromatic carbocycles. The summed E-state index contributed by atoms with van der Waals surface area (Å²) in [5.41, 5.74) is 3.42. The van der Waals surface area contributed by atoms with Gasteiger partial charge < -0.3 is 15.4 Å². The number of nitrogens with one attached hydrogen (secondary N) is 2. The third-order valence-corrected chi connectivity index (χ3v) is 4.90. The van der Waals surface area contributed by atoms with Gasteiger partial charge in [-0.15, -0.1) is 11.3 Å². The third kappa shape index (κ3) is 5.74. The zero-order chi connectivity index (χ0) is 18.2. The first-order valence-electron chi connectivity index (χ1n) is 8.65. The van der Waals surface area contributed by atoms with Gasteiger partial charge in [0.05, 0.1) is 18.8 Å². The van der Waals surface area contributed by atoms with Gasteiger partial charge in [-0.05, 0) is 45.7 Å². The van der Waals surface area contributed by atoms with Crippen LogP contribution in [0.4, 0.5) is 0 Å². The minimum Gasteiger partial charge on any atom is -0.491 e. The van der Waals surface area contributed by atoms with Gasteiger partial charge in [0.15, 0.2) is 5.96 Å². The van der Waals surface area contributed by atoms with Crippen LogP contribution in [0, 0.1) is 27.7 Å². The van der Waals surface area contributed by atoms with Gasteiger partial charge >= 0.3 is 0 Å². The summed E-state index contributed by atoms with van der Waals surface area (Å²) >= 11 is 1.70. The molecule has 0 saturated carbocycles. The lowest BCUT2D eigenvalue weighted by molar-refractivity contribution is 0.317. The van der Waals surface area contributed by atoms with Gasteiger partial charge in [-0.2, -0.15) is 0 Å². The summed E-state index contributed by atoms with van der Waals surface area (Å²) in [5.74, 6) is 1.76. The number of guanidine groups is 1. The number of rotatable bonds is 7. The topological polar surface area (TPSA) is 58.5 Å². The van der Waals surface area contributed by atoms with Gasteiger partial charge in [-0.25, -0.2) is 9.98 Å². The van der Waals surface area contributed by atoms with E-state index in [0.717, 1.165) is 40.1 Å². The standard InChI is InChI=1S/C19H28N4OS/c1-6-20-19(22-12-17-23-15(4)16(5)25-17)21-10-11-24-18-13(2)8-7-9-14(18)3/h7-9H,6,10-12H2,1-5H3,(H2,20,21,22). The van der Waals surface area contributed by atoms with Crippen LogP contribution in [0.1, 0.15) is 33.6 Å². The largest absolute Gasteiger partial charge is 0.491 e. The van der Waals surface area contributed by atoms with Gasteiger partial charge in [0.2, 0.25) is 0 Å². The van der Waals surface area contributed by atoms with Crippen LogP contribution in [-0.4, -0.2) is 30.6 Å². The third-order valence-electron chi connectivity index (χ3n) is 3.84. The molecule has 0 atom stereocenters. The second-order valence-corrected chi connectivity index (χ2v) is 7.23. The number of benzene rings is 1. The number of aliphatic imine (C=N–C) groups is 1. The Bertz CT molecular complexity index is 684.